The minimum atomic E-state index is -4.51. The monoisotopic (exact) mass is 451 g/mol. The zero-order chi connectivity index (χ0) is 23.1. The van der Waals surface area contributed by atoms with Gasteiger partial charge in [-0.05, 0) is 35.9 Å². The van der Waals surface area contributed by atoms with Crippen molar-refractivity contribution in [3.05, 3.63) is 65.2 Å². The molecular formula is C22H24F3N3O4. The number of morpholine rings is 1. The van der Waals surface area contributed by atoms with Crippen molar-refractivity contribution in [2.24, 2.45) is 0 Å². The molecule has 1 saturated heterocycles. The number of aliphatic hydroxyl groups is 1. The number of hydrogen-bond donors (Lipinski definition) is 3. The summed E-state index contributed by atoms with van der Waals surface area (Å²) in [7, 11) is 0. The molecule has 2 aromatic carbocycles. The number of hydrogen-bond acceptors (Lipinski definition) is 5. The highest BCUT2D eigenvalue weighted by Crippen LogP contribution is 2.30. The average molecular weight is 451 g/mol. The van der Waals surface area contributed by atoms with E-state index in [-0.39, 0.29) is 17.2 Å². The van der Waals surface area contributed by atoms with Gasteiger partial charge in [-0.1, -0.05) is 18.2 Å². The maximum absolute atomic E-state index is 12.7. The number of halogens is 3. The van der Waals surface area contributed by atoms with Gasteiger partial charge in [0.2, 0.25) is 0 Å². The smallest absolute Gasteiger partial charge is 0.379 e. The van der Waals surface area contributed by atoms with E-state index < -0.39 is 23.8 Å². The summed E-state index contributed by atoms with van der Waals surface area (Å²) in [5, 5.41) is 15.5. The number of alkyl halides is 3. The van der Waals surface area contributed by atoms with Crippen LogP contribution in [0.25, 0.3) is 0 Å². The van der Waals surface area contributed by atoms with Crippen molar-refractivity contribution in [1.82, 2.24) is 10.2 Å². The van der Waals surface area contributed by atoms with Crippen LogP contribution in [0.3, 0.4) is 0 Å². The Morgan fingerprint density at radius 2 is 1.78 bits per heavy atom. The standard InChI is InChI=1S/C22H24F3N3O4/c23-22(24,25)17-6-4-15(5-7-17)19(29)21(31)27-18-3-1-2-16(14-18)20(30)26-8-9-28-10-12-32-13-11-28/h1-7,14,19,29H,8-13H2,(H,26,30)(H,27,31). The van der Waals surface area contributed by atoms with Gasteiger partial charge in [0.05, 0.1) is 18.8 Å². The molecule has 1 unspecified atom stereocenters. The minimum Gasteiger partial charge on any atom is -0.379 e. The second-order valence-corrected chi connectivity index (χ2v) is 7.30. The molecule has 1 atom stereocenters. The van der Waals surface area contributed by atoms with Gasteiger partial charge in [0, 0.05) is 37.4 Å². The Hall–Kier alpha value is -2.95. The molecule has 1 fully saturated rings. The van der Waals surface area contributed by atoms with Crippen LogP contribution in [-0.2, 0) is 15.7 Å². The van der Waals surface area contributed by atoms with Crippen molar-refractivity contribution in [1.29, 1.82) is 0 Å². The fourth-order valence-electron chi connectivity index (χ4n) is 3.21. The third kappa shape index (κ3) is 6.52. The van der Waals surface area contributed by atoms with Gasteiger partial charge in [0.25, 0.3) is 11.8 Å². The Balaban J connectivity index is 1.54. The van der Waals surface area contributed by atoms with Crippen LogP contribution in [0.15, 0.2) is 48.5 Å². The van der Waals surface area contributed by atoms with Gasteiger partial charge in [0.1, 0.15) is 0 Å². The number of aliphatic hydroxyl groups excluding tert-OH is 1. The van der Waals surface area contributed by atoms with E-state index in [0.29, 0.717) is 31.9 Å². The topological polar surface area (TPSA) is 90.9 Å². The van der Waals surface area contributed by atoms with Crippen LogP contribution in [0.4, 0.5) is 18.9 Å². The lowest BCUT2D eigenvalue weighted by molar-refractivity contribution is -0.137. The number of nitrogens with zero attached hydrogens (tertiary/aromatic N) is 1. The zero-order valence-electron chi connectivity index (χ0n) is 17.2. The van der Waals surface area contributed by atoms with Gasteiger partial charge in [0.15, 0.2) is 6.10 Å². The van der Waals surface area contributed by atoms with Gasteiger partial charge >= 0.3 is 6.18 Å². The number of amides is 2. The highest BCUT2D eigenvalue weighted by Gasteiger charge is 2.30. The van der Waals surface area contributed by atoms with Crippen LogP contribution >= 0.6 is 0 Å². The molecule has 1 aliphatic rings. The molecule has 2 aromatic rings. The summed E-state index contributed by atoms with van der Waals surface area (Å²) in [6, 6.07) is 9.87. The molecule has 0 saturated carbocycles. The van der Waals surface area contributed by atoms with E-state index in [1.807, 2.05) is 0 Å². The summed E-state index contributed by atoms with van der Waals surface area (Å²) in [5.74, 6) is -1.13. The van der Waals surface area contributed by atoms with Crippen molar-refractivity contribution in [3.8, 4) is 0 Å². The van der Waals surface area contributed by atoms with Crippen molar-refractivity contribution in [3.63, 3.8) is 0 Å². The van der Waals surface area contributed by atoms with Gasteiger partial charge in [-0.15, -0.1) is 0 Å². The molecule has 1 heterocycles. The molecule has 0 aliphatic carbocycles. The van der Waals surface area contributed by atoms with Gasteiger partial charge in [-0.3, -0.25) is 14.5 Å². The van der Waals surface area contributed by atoms with Gasteiger partial charge < -0.3 is 20.5 Å². The molecule has 3 N–H and O–H groups in total. The second kappa shape index (κ2) is 10.6. The molecule has 0 bridgehead atoms. The molecule has 0 spiro atoms. The maximum Gasteiger partial charge on any atom is 0.416 e. The predicted molar refractivity (Wildman–Crippen MR) is 111 cm³/mol. The molecule has 32 heavy (non-hydrogen) atoms. The quantitative estimate of drug-likeness (QED) is 0.602. The highest BCUT2D eigenvalue weighted by molar-refractivity contribution is 5.98. The summed E-state index contributed by atoms with van der Waals surface area (Å²) >= 11 is 0. The number of nitrogens with one attached hydrogen (secondary N) is 2. The molecule has 0 aromatic heterocycles. The number of anilines is 1. The molecule has 7 nitrogen and oxygen atoms in total. The number of benzene rings is 2. The Bertz CT molecular complexity index is 929. The van der Waals surface area contributed by atoms with Crippen LogP contribution in [0, 0.1) is 0 Å². The van der Waals surface area contributed by atoms with Crippen molar-refractivity contribution in [2.75, 3.05) is 44.7 Å². The first-order valence-electron chi connectivity index (χ1n) is 10.1. The summed E-state index contributed by atoms with van der Waals surface area (Å²) in [4.78, 5) is 26.9. The third-order valence-electron chi connectivity index (χ3n) is 5.01. The summed E-state index contributed by atoms with van der Waals surface area (Å²) in [6.07, 6.45) is -6.17. The first kappa shape index (κ1) is 23.7. The molecule has 1 aliphatic heterocycles. The first-order chi connectivity index (χ1) is 15.2. The average Bonchev–Trinajstić information content (AvgIpc) is 2.79. The fraction of sp³-hybridized carbons (Fsp3) is 0.364. The van der Waals surface area contributed by atoms with Crippen LogP contribution in [0.5, 0.6) is 0 Å². The molecule has 172 valence electrons. The summed E-state index contributed by atoms with van der Waals surface area (Å²) in [5.41, 5.74) is -0.246. The van der Waals surface area contributed by atoms with E-state index in [1.165, 1.54) is 6.07 Å². The predicted octanol–water partition coefficient (Wildman–Crippen LogP) is 2.44. The lowest BCUT2D eigenvalue weighted by Crippen LogP contribution is -2.41. The number of rotatable bonds is 7. The molecule has 2 amide bonds. The summed E-state index contributed by atoms with van der Waals surface area (Å²) in [6.45, 7) is 4.15. The fourth-order valence-corrected chi connectivity index (χ4v) is 3.21. The van der Waals surface area contributed by atoms with Crippen LogP contribution < -0.4 is 10.6 Å². The Kier molecular flexibility index (Phi) is 7.84. The largest absolute Gasteiger partial charge is 0.416 e. The zero-order valence-corrected chi connectivity index (χ0v) is 17.2. The Morgan fingerprint density at radius 3 is 2.44 bits per heavy atom. The molecular weight excluding hydrogens is 427 g/mol. The van der Waals surface area contributed by atoms with E-state index in [4.69, 9.17) is 4.74 Å². The second-order valence-electron chi connectivity index (χ2n) is 7.30. The van der Waals surface area contributed by atoms with Gasteiger partial charge in [-0.2, -0.15) is 13.2 Å². The van der Waals surface area contributed by atoms with Crippen LogP contribution in [0.1, 0.15) is 27.6 Å². The highest BCUT2D eigenvalue weighted by atomic mass is 19.4. The Labute approximate surface area is 183 Å². The normalized spacial score (nSPS) is 15.8. The molecule has 0 radical (unpaired) electrons. The van der Waals surface area contributed by atoms with E-state index >= 15 is 0 Å². The lowest BCUT2D eigenvalue weighted by Gasteiger charge is -2.26. The number of carbonyl (C=O) groups is 2. The first-order valence-corrected chi connectivity index (χ1v) is 10.1. The van der Waals surface area contributed by atoms with Crippen LogP contribution in [0.2, 0.25) is 0 Å². The number of ether oxygens (including phenoxy) is 1. The van der Waals surface area contributed by atoms with E-state index in [0.717, 1.165) is 37.4 Å². The summed E-state index contributed by atoms with van der Waals surface area (Å²) < 4.78 is 43.3. The Morgan fingerprint density at radius 1 is 1.09 bits per heavy atom. The van der Waals surface area contributed by atoms with E-state index in [9.17, 15) is 27.9 Å². The SMILES string of the molecule is O=C(NCCN1CCOCC1)c1cccc(NC(=O)C(O)c2ccc(C(F)(F)F)cc2)c1. The van der Waals surface area contributed by atoms with E-state index in [2.05, 4.69) is 15.5 Å². The number of carbonyl (C=O) groups excluding carboxylic acids is 2. The molecule has 10 heteroatoms. The lowest BCUT2D eigenvalue weighted by atomic mass is 10.1. The van der Waals surface area contributed by atoms with E-state index in [1.54, 1.807) is 18.2 Å². The maximum atomic E-state index is 12.7. The minimum absolute atomic E-state index is 0.0208. The van der Waals surface area contributed by atoms with Crippen molar-refractivity contribution < 1.29 is 32.6 Å². The van der Waals surface area contributed by atoms with Crippen molar-refractivity contribution >= 4 is 17.5 Å². The molecule has 3 rings (SSSR count). The third-order valence-corrected chi connectivity index (χ3v) is 5.01. The van der Waals surface area contributed by atoms with Gasteiger partial charge in [-0.25, -0.2) is 0 Å². The van der Waals surface area contributed by atoms with Crippen molar-refractivity contribution in [2.45, 2.75) is 12.3 Å². The van der Waals surface area contributed by atoms with Crippen LogP contribution in [-0.4, -0.2) is 61.2 Å².